The molecular weight excluding hydrogens is 366 g/mol. The molecule has 1 aliphatic rings. The van der Waals surface area contributed by atoms with Gasteiger partial charge in [0, 0.05) is 11.2 Å². The number of halogens is 1. The molecule has 0 atom stereocenters. The van der Waals surface area contributed by atoms with E-state index in [9.17, 15) is 4.79 Å². The predicted octanol–water partition coefficient (Wildman–Crippen LogP) is 3.92. The highest BCUT2D eigenvalue weighted by atomic mass is 35.5. The Bertz CT molecular complexity index is 1010. The van der Waals surface area contributed by atoms with Gasteiger partial charge in [-0.15, -0.1) is 0 Å². The van der Waals surface area contributed by atoms with Crippen LogP contribution in [0.1, 0.15) is 29.8 Å². The van der Waals surface area contributed by atoms with Gasteiger partial charge < -0.3 is 14.8 Å². The molecule has 7 heteroatoms. The van der Waals surface area contributed by atoms with Crippen molar-refractivity contribution in [3.8, 4) is 17.2 Å². The van der Waals surface area contributed by atoms with Crippen LogP contribution in [0.4, 0.5) is 0 Å². The topological polar surface area (TPSA) is 65.4 Å². The molecular formula is C20H18ClN3O3. The number of carbonyl (C=O) groups is 1. The minimum absolute atomic E-state index is 0.217. The average molecular weight is 384 g/mol. The van der Waals surface area contributed by atoms with Crippen LogP contribution in [0.2, 0.25) is 5.02 Å². The van der Waals surface area contributed by atoms with Crippen LogP contribution in [0.5, 0.6) is 11.5 Å². The van der Waals surface area contributed by atoms with Gasteiger partial charge in [0.25, 0.3) is 5.91 Å². The molecule has 138 valence electrons. The van der Waals surface area contributed by atoms with Crippen molar-refractivity contribution in [2.75, 3.05) is 6.79 Å². The van der Waals surface area contributed by atoms with Gasteiger partial charge in [-0.25, -0.2) is 4.68 Å². The minimum Gasteiger partial charge on any atom is -0.454 e. The number of hydrogen-bond acceptors (Lipinski definition) is 4. The van der Waals surface area contributed by atoms with E-state index in [1.54, 1.807) is 23.0 Å². The highest BCUT2D eigenvalue weighted by Crippen LogP contribution is 2.35. The number of aromatic nitrogens is 2. The number of hydrogen-bond donors (Lipinski definition) is 1. The summed E-state index contributed by atoms with van der Waals surface area (Å²) in [5.41, 5.74) is 1.57. The van der Waals surface area contributed by atoms with Crippen molar-refractivity contribution in [2.24, 2.45) is 0 Å². The Morgan fingerprint density at radius 1 is 1.19 bits per heavy atom. The van der Waals surface area contributed by atoms with Crippen molar-refractivity contribution >= 4 is 17.5 Å². The van der Waals surface area contributed by atoms with E-state index in [0.29, 0.717) is 22.1 Å². The maximum atomic E-state index is 12.7. The standard InChI is InChI=1S/C20H18ClN3O3/c1-20(2,14-6-7-17-18(8-14)27-12-26-17)23-19(25)13-10-22-24(11-13)16-5-3-4-15(21)9-16/h3-11H,12H2,1-2H3,(H,23,25). The van der Waals surface area contributed by atoms with Crippen LogP contribution in [-0.4, -0.2) is 22.5 Å². The molecule has 0 saturated heterocycles. The van der Waals surface area contributed by atoms with Crippen molar-refractivity contribution in [1.29, 1.82) is 0 Å². The van der Waals surface area contributed by atoms with E-state index in [0.717, 1.165) is 11.3 Å². The zero-order chi connectivity index (χ0) is 19.0. The van der Waals surface area contributed by atoms with Crippen LogP contribution >= 0.6 is 11.6 Å². The highest BCUT2D eigenvalue weighted by molar-refractivity contribution is 6.30. The summed E-state index contributed by atoms with van der Waals surface area (Å²) < 4.78 is 12.4. The number of nitrogens with one attached hydrogen (secondary N) is 1. The Labute approximate surface area is 161 Å². The van der Waals surface area contributed by atoms with E-state index in [4.69, 9.17) is 21.1 Å². The number of nitrogens with zero attached hydrogens (tertiary/aromatic N) is 2. The molecule has 0 spiro atoms. The third-order valence-electron chi connectivity index (χ3n) is 4.44. The number of fused-ring (bicyclic) bond motifs is 1. The van der Waals surface area contributed by atoms with Gasteiger partial charge in [-0.05, 0) is 49.7 Å². The summed E-state index contributed by atoms with van der Waals surface area (Å²) in [4.78, 5) is 12.7. The molecule has 0 saturated carbocycles. The summed E-state index contributed by atoms with van der Waals surface area (Å²) in [6.07, 6.45) is 3.21. The van der Waals surface area contributed by atoms with Gasteiger partial charge in [0.15, 0.2) is 11.5 Å². The maximum Gasteiger partial charge on any atom is 0.255 e. The number of ether oxygens (including phenoxy) is 2. The predicted molar refractivity (Wildman–Crippen MR) is 102 cm³/mol. The third kappa shape index (κ3) is 3.48. The smallest absolute Gasteiger partial charge is 0.255 e. The zero-order valence-corrected chi connectivity index (χ0v) is 15.7. The number of benzene rings is 2. The summed E-state index contributed by atoms with van der Waals surface area (Å²) >= 11 is 6.02. The first-order chi connectivity index (χ1) is 12.9. The van der Waals surface area contributed by atoms with Gasteiger partial charge in [-0.2, -0.15) is 5.10 Å². The summed E-state index contributed by atoms with van der Waals surface area (Å²) in [6, 6.07) is 12.9. The summed E-state index contributed by atoms with van der Waals surface area (Å²) in [5, 5.41) is 7.91. The first-order valence-corrected chi connectivity index (χ1v) is 8.83. The van der Waals surface area contributed by atoms with Crippen molar-refractivity contribution in [3.63, 3.8) is 0 Å². The maximum absolute atomic E-state index is 12.7. The van der Waals surface area contributed by atoms with E-state index in [-0.39, 0.29) is 12.7 Å². The quantitative estimate of drug-likeness (QED) is 0.741. The molecule has 1 aromatic heterocycles. The lowest BCUT2D eigenvalue weighted by atomic mass is 9.93. The van der Waals surface area contributed by atoms with E-state index in [1.807, 2.05) is 44.2 Å². The summed E-state index contributed by atoms with van der Waals surface area (Å²) in [7, 11) is 0. The van der Waals surface area contributed by atoms with Crippen molar-refractivity contribution in [2.45, 2.75) is 19.4 Å². The Morgan fingerprint density at radius 2 is 2.00 bits per heavy atom. The van der Waals surface area contributed by atoms with Crippen LogP contribution < -0.4 is 14.8 Å². The van der Waals surface area contributed by atoms with Gasteiger partial charge in [0.1, 0.15) is 0 Å². The number of carbonyl (C=O) groups excluding carboxylic acids is 1. The van der Waals surface area contributed by atoms with Crippen LogP contribution in [0.3, 0.4) is 0 Å². The van der Waals surface area contributed by atoms with E-state index in [2.05, 4.69) is 10.4 Å². The lowest BCUT2D eigenvalue weighted by Crippen LogP contribution is -2.40. The van der Waals surface area contributed by atoms with Crippen LogP contribution in [-0.2, 0) is 5.54 Å². The SMILES string of the molecule is CC(C)(NC(=O)c1cnn(-c2cccc(Cl)c2)c1)c1ccc2c(c1)OCO2. The van der Waals surface area contributed by atoms with Gasteiger partial charge >= 0.3 is 0 Å². The molecule has 1 amide bonds. The lowest BCUT2D eigenvalue weighted by molar-refractivity contribution is 0.0912. The zero-order valence-electron chi connectivity index (χ0n) is 14.9. The van der Waals surface area contributed by atoms with E-state index < -0.39 is 5.54 Å². The monoisotopic (exact) mass is 383 g/mol. The molecule has 2 heterocycles. The fourth-order valence-electron chi connectivity index (χ4n) is 2.91. The normalized spacial score (nSPS) is 12.9. The largest absolute Gasteiger partial charge is 0.454 e. The fraction of sp³-hybridized carbons (Fsp3) is 0.200. The molecule has 3 aromatic rings. The highest BCUT2D eigenvalue weighted by Gasteiger charge is 2.26. The minimum atomic E-state index is -0.601. The first-order valence-electron chi connectivity index (χ1n) is 8.46. The summed E-state index contributed by atoms with van der Waals surface area (Å²) in [5.74, 6) is 1.18. The Hall–Kier alpha value is -2.99. The Kier molecular flexibility index (Phi) is 4.28. The van der Waals surface area contributed by atoms with Crippen LogP contribution in [0.25, 0.3) is 5.69 Å². The van der Waals surface area contributed by atoms with E-state index >= 15 is 0 Å². The molecule has 0 aliphatic carbocycles. The van der Waals surface area contributed by atoms with Gasteiger partial charge in [-0.3, -0.25) is 4.79 Å². The molecule has 0 fully saturated rings. The molecule has 27 heavy (non-hydrogen) atoms. The third-order valence-corrected chi connectivity index (χ3v) is 4.67. The van der Waals surface area contributed by atoms with E-state index in [1.165, 1.54) is 6.20 Å². The fourth-order valence-corrected chi connectivity index (χ4v) is 3.10. The van der Waals surface area contributed by atoms with Crippen LogP contribution in [0, 0.1) is 0 Å². The molecule has 4 rings (SSSR count). The average Bonchev–Trinajstić information content (AvgIpc) is 3.30. The lowest BCUT2D eigenvalue weighted by Gasteiger charge is -2.27. The van der Waals surface area contributed by atoms with Crippen molar-refractivity contribution in [1.82, 2.24) is 15.1 Å². The van der Waals surface area contributed by atoms with Crippen LogP contribution in [0.15, 0.2) is 54.9 Å². The van der Waals surface area contributed by atoms with Crippen molar-refractivity contribution < 1.29 is 14.3 Å². The van der Waals surface area contributed by atoms with Gasteiger partial charge in [0.05, 0.1) is 23.0 Å². The van der Waals surface area contributed by atoms with Gasteiger partial charge in [0.2, 0.25) is 6.79 Å². The Morgan fingerprint density at radius 3 is 2.81 bits per heavy atom. The van der Waals surface area contributed by atoms with Gasteiger partial charge in [-0.1, -0.05) is 23.7 Å². The molecule has 0 radical (unpaired) electrons. The number of amides is 1. The molecule has 1 N–H and O–H groups in total. The second-order valence-corrected chi connectivity index (χ2v) is 7.24. The van der Waals surface area contributed by atoms with Crippen molar-refractivity contribution in [3.05, 3.63) is 71.0 Å². The molecule has 0 unspecified atom stereocenters. The first kappa shape index (κ1) is 17.4. The summed E-state index contributed by atoms with van der Waals surface area (Å²) in [6.45, 7) is 4.09. The second-order valence-electron chi connectivity index (χ2n) is 6.80. The molecule has 2 aromatic carbocycles. The Balaban J connectivity index is 1.53. The molecule has 1 aliphatic heterocycles. The number of rotatable bonds is 4. The molecule has 6 nitrogen and oxygen atoms in total. The second kappa shape index (κ2) is 6.63. The molecule has 0 bridgehead atoms.